The maximum atomic E-state index is 12.7. The Bertz CT molecular complexity index is 1290. The number of benzene rings is 1. The number of carbonyl (C=O) groups excluding carboxylic acids is 1. The molecule has 2 unspecified atom stereocenters. The number of anilines is 1. The second kappa shape index (κ2) is 9.75. The number of aromatic nitrogens is 2. The van der Waals surface area contributed by atoms with Gasteiger partial charge in [0.25, 0.3) is 0 Å². The number of hydrogen-bond acceptors (Lipinski definition) is 8. The summed E-state index contributed by atoms with van der Waals surface area (Å²) in [6.07, 6.45) is 4.54. The Hall–Kier alpha value is -3.24. The van der Waals surface area contributed by atoms with E-state index < -0.39 is 6.09 Å². The highest BCUT2D eigenvalue weighted by Crippen LogP contribution is 2.40. The lowest BCUT2D eigenvalue weighted by Gasteiger charge is -2.41. The Morgan fingerprint density at radius 3 is 2.64 bits per heavy atom. The van der Waals surface area contributed by atoms with Crippen LogP contribution in [-0.2, 0) is 13.0 Å². The highest BCUT2D eigenvalue weighted by atomic mass is 16.5. The molecule has 3 saturated heterocycles. The fraction of sp³-hybridized carbons (Fsp3) is 0.586. The fourth-order valence-corrected chi connectivity index (χ4v) is 7.51. The van der Waals surface area contributed by atoms with Crippen molar-refractivity contribution in [2.75, 3.05) is 44.7 Å². The molecule has 0 spiro atoms. The molecule has 4 aliphatic heterocycles. The van der Waals surface area contributed by atoms with Gasteiger partial charge in [-0.1, -0.05) is 24.3 Å². The van der Waals surface area contributed by atoms with Crippen molar-refractivity contribution in [2.24, 2.45) is 0 Å². The minimum absolute atomic E-state index is 0.00976. The highest BCUT2D eigenvalue weighted by Gasteiger charge is 2.44. The van der Waals surface area contributed by atoms with Gasteiger partial charge in [0.2, 0.25) is 0 Å². The second-order valence-electron chi connectivity index (χ2n) is 11.8. The van der Waals surface area contributed by atoms with Crippen molar-refractivity contribution in [3.8, 4) is 6.01 Å². The summed E-state index contributed by atoms with van der Waals surface area (Å²) in [7, 11) is 2.14. The molecule has 2 aromatic rings. The van der Waals surface area contributed by atoms with Gasteiger partial charge in [0.05, 0.1) is 17.8 Å². The maximum Gasteiger partial charge on any atom is 0.407 e. The highest BCUT2D eigenvalue weighted by molar-refractivity contribution is 6.01. The molecular formula is C29H36N6O4. The number of fused-ring (bicyclic) bond motifs is 4. The van der Waals surface area contributed by atoms with Gasteiger partial charge in [-0.25, -0.2) is 4.79 Å². The van der Waals surface area contributed by atoms with E-state index >= 15 is 0 Å². The van der Waals surface area contributed by atoms with Crippen molar-refractivity contribution in [1.82, 2.24) is 24.7 Å². The molecule has 5 heterocycles. The Morgan fingerprint density at radius 2 is 1.90 bits per heavy atom. The van der Waals surface area contributed by atoms with E-state index in [9.17, 15) is 14.7 Å². The lowest BCUT2D eigenvalue weighted by atomic mass is 10.00. The number of carboxylic acid groups (broad SMARTS) is 1. The smallest absolute Gasteiger partial charge is 0.407 e. The average molecular weight is 533 g/mol. The Morgan fingerprint density at radius 1 is 1.10 bits per heavy atom. The molecule has 1 amide bonds. The van der Waals surface area contributed by atoms with Crippen LogP contribution in [0.25, 0.3) is 0 Å². The number of ether oxygens (including phenoxy) is 1. The van der Waals surface area contributed by atoms with Crippen LogP contribution in [-0.4, -0.2) is 99.6 Å². The van der Waals surface area contributed by atoms with Crippen LogP contribution in [0.2, 0.25) is 0 Å². The molecule has 2 bridgehead atoms. The molecule has 0 radical (unpaired) electrons. The minimum Gasteiger partial charge on any atom is -0.465 e. The van der Waals surface area contributed by atoms with Gasteiger partial charge in [0, 0.05) is 55.8 Å². The number of Topliss-reactive ketones (excluding diaryl/α,β-unsaturated/α-hetero) is 1. The van der Waals surface area contributed by atoms with Crippen molar-refractivity contribution in [1.29, 1.82) is 0 Å². The van der Waals surface area contributed by atoms with E-state index in [1.165, 1.54) is 6.42 Å². The number of piperazine rings is 1. The third-order valence-corrected chi connectivity index (χ3v) is 9.57. The van der Waals surface area contributed by atoms with E-state index in [-0.39, 0.29) is 23.9 Å². The normalized spacial score (nSPS) is 28.6. The number of nitrogens with zero attached hydrogens (tertiary/aromatic N) is 6. The number of hydrogen-bond donors (Lipinski definition) is 1. The summed E-state index contributed by atoms with van der Waals surface area (Å²) in [4.78, 5) is 43.2. The van der Waals surface area contributed by atoms with Crippen molar-refractivity contribution in [3.63, 3.8) is 0 Å². The molecule has 206 valence electrons. The van der Waals surface area contributed by atoms with Gasteiger partial charge in [-0.2, -0.15) is 9.97 Å². The molecule has 1 N–H and O–H groups in total. The zero-order valence-electron chi connectivity index (χ0n) is 22.5. The molecule has 10 nitrogen and oxygen atoms in total. The summed E-state index contributed by atoms with van der Waals surface area (Å²) in [6, 6.07) is 8.78. The molecule has 1 aliphatic carbocycles. The van der Waals surface area contributed by atoms with Gasteiger partial charge in [-0.3, -0.25) is 14.6 Å². The standard InChI is InChI=1S/C29H36N6O4/c1-32-11-4-5-20(32)17-39-28-30-24-16-33(25-13-26(36)22-7-3-2-6-21(22)25)12-10-23(24)27(31-28)34-14-18-8-9-19(15-34)35(18)29(37)38/h2-3,6-7,18-20,25H,4-5,8-17H2,1H3,(H,37,38)/t18-,19+,20?,25?. The van der Waals surface area contributed by atoms with Gasteiger partial charge in [0.1, 0.15) is 12.4 Å². The largest absolute Gasteiger partial charge is 0.465 e. The quantitative estimate of drug-likeness (QED) is 0.623. The number of likely N-dealkylation sites (tertiary alicyclic amines) is 1. The van der Waals surface area contributed by atoms with Crippen LogP contribution in [0.1, 0.15) is 65.3 Å². The Labute approximate surface area is 228 Å². The summed E-state index contributed by atoms with van der Waals surface area (Å²) >= 11 is 0. The molecule has 10 heteroatoms. The number of carbonyl (C=O) groups is 2. The molecule has 1 aromatic carbocycles. The van der Waals surface area contributed by atoms with Gasteiger partial charge in [-0.15, -0.1) is 0 Å². The maximum absolute atomic E-state index is 12.7. The lowest BCUT2D eigenvalue weighted by Crippen LogP contribution is -2.56. The first-order chi connectivity index (χ1) is 19.0. The van der Waals surface area contributed by atoms with Crippen molar-refractivity contribution < 1.29 is 19.4 Å². The summed E-state index contributed by atoms with van der Waals surface area (Å²) in [5.74, 6) is 1.11. The van der Waals surface area contributed by atoms with Crippen LogP contribution in [0.15, 0.2) is 24.3 Å². The SMILES string of the molecule is CN1CCCC1COc1nc2c(c(N3C[C@H]4CC[C@@H](C3)N4C(=O)O)n1)CCN(C1CC(=O)c3ccccc31)C2. The van der Waals surface area contributed by atoms with Gasteiger partial charge in [-0.05, 0) is 51.3 Å². The molecule has 7 rings (SSSR count). The van der Waals surface area contributed by atoms with Gasteiger partial charge >= 0.3 is 12.1 Å². The minimum atomic E-state index is -0.821. The van der Waals surface area contributed by atoms with Crippen LogP contribution < -0.4 is 9.64 Å². The first kappa shape index (κ1) is 24.8. The molecule has 0 saturated carbocycles. The van der Waals surface area contributed by atoms with Crippen LogP contribution in [0.3, 0.4) is 0 Å². The predicted molar refractivity (Wildman–Crippen MR) is 144 cm³/mol. The molecular weight excluding hydrogens is 496 g/mol. The third-order valence-electron chi connectivity index (χ3n) is 9.57. The summed E-state index contributed by atoms with van der Waals surface area (Å²) in [5, 5.41) is 9.76. The van der Waals surface area contributed by atoms with E-state index in [0.717, 1.165) is 67.0 Å². The van der Waals surface area contributed by atoms with Crippen LogP contribution >= 0.6 is 0 Å². The zero-order valence-corrected chi connectivity index (χ0v) is 22.5. The van der Waals surface area contributed by atoms with E-state index in [2.05, 4.69) is 27.8 Å². The van der Waals surface area contributed by atoms with Crippen LogP contribution in [0.5, 0.6) is 6.01 Å². The van der Waals surface area contributed by atoms with Crippen LogP contribution in [0.4, 0.5) is 10.6 Å². The number of ketones is 1. The zero-order chi connectivity index (χ0) is 26.7. The van der Waals surface area contributed by atoms with E-state index in [1.54, 1.807) is 4.90 Å². The van der Waals surface area contributed by atoms with E-state index in [4.69, 9.17) is 14.7 Å². The first-order valence-electron chi connectivity index (χ1n) is 14.3. The Kier molecular flexibility index (Phi) is 6.19. The van der Waals surface area contributed by atoms with Gasteiger partial charge in [0.15, 0.2) is 5.78 Å². The first-order valence-corrected chi connectivity index (χ1v) is 14.3. The number of amides is 1. The topological polar surface area (TPSA) is 102 Å². The van der Waals surface area contributed by atoms with Crippen molar-refractivity contribution >= 4 is 17.7 Å². The summed E-state index contributed by atoms with van der Waals surface area (Å²) < 4.78 is 6.25. The summed E-state index contributed by atoms with van der Waals surface area (Å²) in [5.41, 5.74) is 4.05. The molecule has 1 aromatic heterocycles. The monoisotopic (exact) mass is 532 g/mol. The molecule has 4 atom stereocenters. The Balaban J connectivity index is 1.19. The predicted octanol–water partition coefficient (Wildman–Crippen LogP) is 2.97. The second-order valence-corrected chi connectivity index (χ2v) is 11.8. The summed E-state index contributed by atoms with van der Waals surface area (Å²) in [6.45, 7) is 4.39. The third kappa shape index (κ3) is 4.34. The lowest BCUT2D eigenvalue weighted by molar-refractivity contribution is 0.0942. The molecule has 39 heavy (non-hydrogen) atoms. The molecule has 3 fully saturated rings. The number of rotatable bonds is 5. The van der Waals surface area contributed by atoms with Crippen LogP contribution in [0, 0.1) is 0 Å². The molecule has 5 aliphatic rings. The number of likely N-dealkylation sites (N-methyl/N-ethyl adjacent to an activating group) is 1. The van der Waals surface area contributed by atoms with E-state index in [1.807, 2.05) is 18.2 Å². The van der Waals surface area contributed by atoms with Gasteiger partial charge < -0.3 is 19.6 Å². The van der Waals surface area contributed by atoms with Crippen molar-refractivity contribution in [2.45, 2.75) is 69.2 Å². The van der Waals surface area contributed by atoms with Crippen molar-refractivity contribution in [3.05, 3.63) is 46.6 Å². The van der Waals surface area contributed by atoms with E-state index in [0.29, 0.717) is 44.7 Å². The fourth-order valence-electron chi connectivity index (χ4n) is 7.51. The average Bonchev–Trinajstić information content (AvgIpc) is 3.59.